The van der Waals surface area contributed by atoms with Crippen molar-refractivity contribution >= 4 is 21.6 Å². The highest BCUT2D eigenvalue weighted by atomic mass is 32.2. The third-order valence-corrected chi connectivity index (χ3v) is 5.20. The highest BCUT2D eigenvalue weighted by Crippen LogP contribution is 2.31. The topological polar surface area (TPSA) is 66.5 Å². The first-order valence-electron chi connectivity index (χ1n) is 6.96. The van der Waals surface area contributed by atoms with Gasteiger partial charge in [-0.1, -0.05) is 18.2 Å². The van der Waals surface area contributed by atoms with E-state index in [0.29, 0.717) is 18.5 Å². The fraction of sp³-hybridized carbons (Fsp3) is 0.188. The number of sulfonamides is 1. The van der Waals surface area contributed by atoms with Crippen molar-refractivity contribution in [3.05, 3.63) is 59.7 Å². The maximum Gasteiger partial charge on any atom is 0.258 e. The molecule has 1 amide bonds. The SMILES string of the molecule is CNS(=O)(=O)c1ccc2c(c1)CCN2C(=O)c1ccccc1. The van der Waals surface area contributed by atoms with E-state index in [1.54, 1.807) is 29.2 Å². The van der Waals surface area contributed by atoms with Crippen molar-refractivity contribution in [2.24, 2.45) is 0 Å². The number of carbonyl (C=O) groups is 1. The zero-order valence-corrected chi connectivity index (χ0v) is 12.9. The number of benzene rings is 2. The van der Waals surface area contributed by atoms with E-state index in [1.807, 2.05) is 18.2 Å². The lowest BCUT2D eigenvalue weighted by atomic mass is 10.1. The molecular formula is C16H16N2O3S. The monoisotopic (exact) mass is 316 g/mol. The summed E-state index contributed by atoms with van der Waals surface area (Å²) in [5.41, 5.74) is 2.28. The third-order valence-electron chi connectivity index (χ3n) is 3.79. The molecule has 6 heteroatoms. The molecule has 0 saturated heterocycles. The molecule has 1 aliphatic heterocycles. The Labute approximate surface area is 129 Å². The van der Waals surface area contributed by atoms with Gasteiger partial charge in [-0.25, -0.2) is 13.1 Å². The quantitative estimate of drug-likeness (QED) is 0.939. The zero-order valence-electron chi connectivity index (χ0n) is 12.1. The summed E-state index contributed by atoms with van der Waals surface area (Å²) < 4.78 is 26.0. The number of anilines is 1. The molecule has 3 rings (SSSR count). The maximum absolute atomic E-state index is 12.5. The fourth-order valence-corrected chi connectivity index (χ4v) is 3.39. The van der Waals surface area contributed by atoms with E-state index in [0.717, 1.165) is 11.3 Å². The van der Waals surface area contributed by atoms with Crippen molar-refractivity contribution in [2.75, 3.05) is 18.5 Å². The first-order valence-corrected chi connectivity index (χ1v) is 8.44. The Bertz CT molecular complexity index is 817. The van der Waals surface area contributed by atoms with E-state index in [4.69, 9.17) is 0 Å². The number of nitrogens with one attached hydrogen (secondary N) is 1. The number of fused-ring (bicyclic) bond motifs is 1. The van der Waals surface area contributed by atoms with Crippen LogP contribution in [0.4, 0.5) is 5.69 Å². The van der Waals surface area contributed by atoms with Gasteiger partial charge in [-0.3, -0.25) is 4.79 Å². The van der Waals surface area contributed by atoms with Crippen LogP contribution in [0.2, 0.25) is 0 Å². The zero-order chi connectivity index (χ0) is 15.7. The van der Waals surface area contributed by atoms with Crippen molar-refractivity contribution in [2.45, 2.75) is 11.3 Å². The number of rotatable bonds is 3. The largest absolute Gasteiger partial charge is 0.308 e. The average molecular weight is 316 g/mol. The van der Waals surface area contributed by atoms with Gasteiger partial charge in [0.15, 0.2) is 0 Å². The third kappa shape index (κ3) is 2.51. The van der Waals surface area contributed by atoms with Crippen LogP contribution in [0.3, 0.4) is 0 Å². The van der Waals surface area contributed by atoms with Crippen molar-refractivity contribution in [3.8, 4) is 0 Å². The maximum atomic E-state index is 12.5. The van der Waals surface area contributed by atoms with Crippen LogP contribution in [0, 0.1) is 0 Å². The Kier molecular flexibility index (Phi) is 3.72. The second-order valence-electron chi connectivity index (χ2n) is 5.07. The molecule has 2 aromatic rings. The summed E-state index contributed by atoms with van der Waals surface area (Å²) in [6, 6.07) is 13.9. The molecule has 0 aliphatic carbocycles. The van der Waals surface area contributed by atoms with Gasteiger partial charge < -0.3 is 4.90 Å². The standard InChI is InChI=1S/C16H16N2O3S/c1-17-22(20,21)14-7-8-15-13(11-14)9-10-18(15)16(19)12-5-3-2-4-6-12/h2-8,11,17H,9-10H2,1H3. The molecule has 114 valence electrons. The lowest BCUT2D eigenvalue weighted by molar-refractivity contribution is 0.0989. The molecule has 1 N–H and O–H groups in total. The van der Waals surface area contributed by atoms with Crippen LogP contribution in [0.1, 0.15) is 15.9 Å². The highest BCUT2D eigenvalue weighted by Gasteiger charge is 2.26. The minimum atomic E-state index is -3.46. The Hall–Kier alpha value is -2.18. The van der Waals surface area contributed by atoms with E-state index < -0.39 is 10.0 Å². The van der Waals surface area contributed by atoms with Gasteiger partial charge in [-0.2, -0.15) is 0 Å². The smallest absolute Gasteiger partial charge is 0.258 e. The Balaban J connectivity index is 1.95. The van der Waals surface area contributed by atoms with Crippen molar-refractivity contribution in [1.29, 1.82) is 0 Å². The molecule has 1 aliphatic rings. The van der Waals surface area contributed by atoms with E-state index in [-0.39, 0.29) is 10.8 Å². The molecule has 5 nitrogen and oxygen atoms in total. The molecule has 0 atom stereocenters. The second-order valence-corrected chi connectivity index (χ2v) is 6.96. The molecule has 1 heterocycles. The average Bonchev–Trinajstić information content (AvgIpc) is 2.98. The molecule has 22 heavy (non-hydrogen) atoms. The van der Waals surface area contributed by atoms with Crippen LogP contribution in [0.5, 0.6) is 0 Å². The van der Waals surface area contributed by atoms with Gasteiger partial charge in [-0.05, 0) is 49.4 Å². The van der Waals surface area contributed by atoms with E-state index >= 15 is 0 Å². The Morgan fingerprint density at radius 1 is 1.14 bits per heavy atom. The van der Waals surface area contributed by atoms with Crippen LogP contribution in [0.15, 0.2) is 53.4 Å². The molecule has 0 radical (unpaired) electrons. The minimum Gasteiger partial charge on any atom is -0.308 e. The van der Waals surface area contributed by atoms with Gasteiger partial charge in [-0.15, -0.1) is 0 Å². The summed E-state index contributed by atoms with van der Waals surface area (Å²) in [4.78, 5) is 14.5. The van der Waals surface area contributed by atoms with Crippen LogP contribution >= 0.6 is 0 Å². The highest BCUT2D eigenvalue weighted by molar-refractivity contribution is 7.89. The molecule has 0 aromatic heterocycles. The fourth-order valence-electron chi connectivity index (χ4n) is 2.61. The molecule has 0 fully saturated rings. The van der Waals surface area contributed by atoms with Gasteiger partial charge in [0.1, 0.15) is 0 Å². The lowest BCUT2D eigenvalue weighted by Crippen LogP contribution is -2.28. The first kappa shape index (κ1) is 14.7. The normalized spacial score (nSPS) is 14.0. The van der Waals surface area contributed by atoms with E-state index in [1.165, 1.54) is 13.1 Å². The summed E-state index contributed by atoms with van der Waals surface area (Å²) in [6.07, 6.45) is 0.654. The van der Waals surface area contributed by atoms with Crippen LogP contribution in [0.25, 0.3) is 0 Å². The van der Waals surface area contributed by atoms with E-state index in [9.17, 15) is 13.2 Å². The second kappa shape index (κ2) is 5.55. The first-order chi connectivity index (χ1) is 10.5. The number of hydrogen-bond acceptors (Lipinski definition) is 3. The number of nitrogens with zero attached hydrogens (tertiary/aromatic N) is 1. The molecule has 0 spiro atoms. The number of amides is 1. The summed E-state index contributed by atoms with van der Waals surface area (Å²) >= 11 is 0. The molecule has 0 bridgehead atoms. The summed E-state index contributed by atoms with van der Waals surface area (Å²) in [6.45, 7) is 0.562. The predicted octanol–water partition coefficient (Wildman–Crippen LogP) is 1.80. The Morgan fingerprint density at radius 2 is 1.86 bits per heavy atom. The summed E-state index contributed by atoms with van der Waals surface area (Å²) in [5.74, 6) is -0.0661. The number of carbonyl (C=O) groups excluding carboxylic acids is 1. The molecular weight excluding hydrogens is 300 g/mol. The molecule has 0 unspecified atom stereocenters. The van der Waals surface area contributed by atoms with Gasteiger partial charge in [0.25, 0.3) is 5.91 Å². The van der Waals surface area contributed by atoms with Gasteiger partial charge >= 0.3 is 0 Å². The minimum absolute atomic E-state index is 0.0661. The van der Waals surface area contributed by atoms with Gasteiger partial charge in [0.05, 0.1) is 4.90 Å². The molecule has 0 saturated carbocycles. The van der Waals surface area contributed by atoms with Crippen LogP contribution in [-0.4, -0.2) is 27.9 Å². The van der Waals surface area contributed by atoms with Crippen LogP contribution < -0.4 is 9.62 Å². The summed E-state index contributed by atoms with van der Waals surface area (Å²) in [7, 11) is -2.08. The number of hydrogen-bond donors (Lipinski definition) is 1. The lowest BCUT2D eigenvalue weighted by Gasteiger charge is -2.17. The van der Waals surface area contributed by atoms with Crippen molar-refractivity contribution in [3.63, 3.8) is 0 Å². The molecule has 2 aromatic carbocycles. The van der Waals surface area contributed by atoms with Crippen molar-refractivity contribution in [1.82, 2.24) is 4.72 Å². The van der Waals surface area contributed by atoms with E-state index in [2.05, 4.69) is 4.72 Å². The van der Waals surface area contributed by atoms with Gasteiger partial charge in [0, 0.05) is 17.8 Å². The van der Waals surface area contributed by atoms with Crippen molar-refractivity contribution < 1.29 is 13.2 Å². The van der Waals surface area contributed by atoms with Crippen LogP contribution in [-0.2, 0) is 16.4 Å². The summed E-state index contributed by atoms with van der Waals surface area (Å²) in [5, 5.41) is 0. The predicted molar refractivity (Wildman–Crippen MR) is 84.5 cm³/mol. The Morgan fingerprint density at radius 3 is 2.55 bits per heavy atom. The van der Waals surface area contributed by atoms with Gasteiger partial charge in [0.2, 0.25) is 10.0 Å².